The van der Waals surface area contributed by atoms with E-state index in [0.29, 0.717) is 38.5 Å². The van der Waals surface area contributed by atoms with Gasteiger partial charge in [0, 0.05) is 25.8 Å². The molecule has 1 saturated heterocycles. The number of sulfonamides is 1. The average Bonchev–Trinajstić information content (AvgIpc) is 2.59. The zero-order valence-electron chi connectivity index (χ0n) is 14.9. The van der Waals surface area contributed by atoms with Crippen LogP contribution < -0.4 is 15.8 Å². The number of nitrogens with two attached hydrogens (primary N) is 1. The molecule has 154 valence electrons. The minimum Gasteiger partial charge on any atom is -0.381 e. The number of hydrogen-bond donors (Lipinski definition) is 3. The highest BCUT2D eigenvalue weighted by atomic mass is 35.5. The highest BCUT2D eigenvalue weighted by molar-refractivity contribution is 7.92. The second-order valence-corrected chi connectivity index (χ2v) is 8.13. The Morgan fingerprint density at radius 1 is 1.22 bits per heavy atom. The van der Waals surface area contributed by atoms with Gasteiger partial charge in [0.2, 0.25) is 15.9 Å². The fourth-order valence-corrected chi connectivity index (χ4v) is 3.88. The molecular formula is C16H24ClF2N3O4S. The van der Waals surface area contributed by atoms with Gasteiger partial charge in [-0.1, -0.05) is 6.92 Å². The van der Waals surface area contributed by atoms with Crippen molar-refractivity contribution in [2.75, 3.05) is 35.6 Å². The topological polar surface area (TPSA) is 111 Å². The van der Waals surface area contributed by atoms with Gasteiger partial charge in [0.1, 0.15) is 11.6 Å². The van der Waals surface area contributed by atoms with Crippen molar-refractivity contribution in [1.29, 1.82) is 0 Å². The molecule has 0 spiro atoms. The maximum absolute atomic E-state index is 14.1. The van der Waals surface area contributed by atoms with Crippen LogP contribution in [0.5, 0.6) is 0 Å². The third kappa shape index (κ3) is 5.74. The van der Waals surface area contributed by atoms with Crippen molar-refractivity contribution >= 4 is 39.7 Å². The highest BCUT2D eigenvalue weighted by Gasteiger charge is 2.39. The summed E-state index contributed by atoms with van der Waals surface area (Å²) in [6.45, 7) is 2.43. The molecule has 1 amide bonds. The van der Waals surface area contributed by atoms with E-state index in [1.807, 2.05) is 0 Å². The summed E-state index contributed by atoms with van der Waals surface area (Å²) in [5.41, 5.74) is 4.10. The van der Waals surface area contributed by atoms with Gasteiger partial charge in [0.05, 0.1) is 22.5 Å². The van der Waals surface area contributed by atoms with Crippen LogP contribution >= 0.6 is 12.4 Å². The first-order chi connectivity index (χ1) is 12.2. The largest absolute Gasteiger partial charge is 0.381 e. The summed E-state index contributed by atoms with van der Waals surface area (Å²) in [6, 6.07) is 1.46. The SMILES string of the molecule is CCCS(=O)(=O)Nc1cc(NC(=O)C2(CN)CCOCC2)c(F)cc1F.Cl. The van der Waals surface area contributed by atoms with Crippen molar-refractivity contribution in [2.45, 2.75) is 26.2 Å². The van der Waals surface area contributed by atoms with Gasteiger partial charge in [-0.2, -0.15) is 0 Å². The zero-order valence-corrected chi connectivity index (χ0v) is 16.5. The Hall–Kier alpha value is -1.49. The van der Waals surface area contributed by atoms with Crippen LogP contribution in [0.15, 0.2) is 12.1 Å². The summed E-state index contributed by atoms with van der Waals surface area (Å²) >= 11 is 0. The number of halogens is 3. The van der Waals surface area contributed by atoms with Crippen LogP contribution in [-0.4, -0.2) is 39.8 Å². The minimum atomic E-state index is -3.76. The van der Waals surface area contributed by atoms with Crippen LogP contribution in [0.1, 0.15) is 26.2 Å². The number of ether oxygens (including phenoxy) is 1. The lowest BCUT2D eigenvalue weighted by molar-refractivity contribution is -0.130. The van der Waals surface area contributed by atoms with Crippen LogP contribution in [0.4, 0.5) is 20.2 Å². The number of nitrogens with one attached hydrogen (secondary N) is 2. The standard InChI is InChI=1S/C16H23F2N3O4S.ClH/c1-2-7-26(23,24)21-14-9-13(11(17)8-12(14)18)20-15(22)16(10-19)3-5-25-6-4-16;/h8-9,21H,2-7,10,19H2,1H3,(H,20,22);1H. The van der Waals surface area contributed by atoms with E-state index < -0.39 is 38.7 Å². The molecule has 7 nitrogen and oxygen atoms in total. The summed E-state index contributed by atoms with van der Waals surface area (Å²) < 4.78 is 58.9. The molecule has 0 aromatic heterocycles. The monoisotopic (exact) mass is 427 g/mol. The van der Waals surface area contributed by atoms with Crippen LogP contribution in [0.2, 0.25) is 0 Å². The minimum absolute atomic E-state index is 0. The number of rotatable bonds is 7. The van der Waals surface area contributed by atoms with Crippen molar-refractivity contribution in [3.63, 3.8) is 0 Å². The molecule has 27 heavy (non-hydrogen) atoms. The molecule has 1 aliphatic rings. The summed E-state index contributed by atoms with van der Waals surface area (Å²) in [5.74, 6) is -2.79. The smallest absolute Gasteiger partial charge is 0.232 e. The molecule has 1 aromatic rings. The molecule has 2 rings (SSSR count). The Labute approximate surface area is 163 Å². The number of hydrogen-bond acceptors (Lipinski definition) is 5. The van der Waals surface area contributed by atoms with Gasteiger partial charge in [-0.3, -0.25) is 9.52 Å². The lowest BCUT2D eigenvalue weighted by atomic mass is 9.79. The first kappa shape index (κ1) is 23.5. The highest BCUT2D eigenvalue weighted by Crippen LogP contribution is 2.32. The van der Waals surface area contributed by atoms with Gasteiger partial charge < -0.3 is 15.8 Å². The predicted octanol–water partition coefficient (Wildman–Crippen LogP) is 2.23. The van der Waals surface area contributed by atoms with Crippen molar-refractivity contribution in [3.8, 4) is 0 Å². The van der Waals surface area contributed by atoms with E-state index in [1.54, 1.807) is 6.92 Å². The molecule has 4 N–H and O–H groups in total. The normalized spacial score (nSPS) is 16.3. The Kier molecular flexibility index (Phi) is 8.40. The Morgan fingerprint density at radius 3 is 2.37 bits per heavy atom. The lowest BCUT2D eigenvalue weighted by Gasteiger charge is -2.34. The second-order valence-electron chi connectivity index (χ2n) is 6.28. The molecule has 1 fully saturated rings. The van der Waals surface area contributed by atoms with E-state index >= 15 is 0 Å². The first-order valence-electron chi connectivity index (χ1n) is 8.32. The van der Waals surface area contributed by atoms with Gasteiger partial charge in [-0.15, -0.1) is 12.4 Å². The summed E-state index contributed by atoms with van der Waals surface area (Å²) in [4.78, 5) is 12.6. The van der Waals surface area contributed by atoms with Gasteiger partial charge in [-0.25, -0.2) is 17.2 Å². The Bertz CT molecular complexity index is 771. The molecule has 0 bridgehead atoms. The van der Waals surface area contributed by atoms with Crippen molar-refractivity contribution in [1.82, 2.24) is 0 Å². The van der Waals surface area contributed by atoms with E-state index in [4.69, 9.17) is 10.5 Å². The molecule has 0 aliphatic carbocycles. The average molecular weight is 428 g/mol. The van der Waals surface area contributed by atoms with Crippen molar-refractivity contribution < 1.29 is 26.7 Å². The maximum atomic E-state index is 14.1. The third-order valence-corrected chi connectivity index (χ3v) is 5.84. The van der Waals surface area contributed by atoms with Gasteiger partial charge in [-0.05, 0) is 25.3 Å². The fraction of sp³-hybridized carbons (Fsp3) is 0.562. The Balaban J connectivity index is 0.00000364. The molecule has 0 saturated carbocycles. The quantitative estimate of drug-likeness (QED) is 0.618. The summed E-state index contributed by atoms with van der Waals surface area (Å²) in [7, 11) is -3.76. The molecule has 0 radical (unpaired) electrons. The Morgan fingerprint density at radius 2 is 1.81 bits per heavy atom. The lowest BCUT2D eigenvalue weighted by Crippen LogP contribution is -2.46. The fourth-order valence-electron chi connectivity index (χ4n) is 2.75. The van der Waals surface area contributed by atoms with E-state index in [1.165, 1.54) is 0 Å². The number of amides is 1. The number of anilines is 2. The predicted molar refractivity (Wildman–Crippen MR) is 101 cm³/mol. The number of carbonyl (C=O) groups excluding carboxylic acids is 1. The molecule has 1 aliphatic heterocycles. The van der Waals surface area contributed by atoms with Gasteiger partial charge in [0.15, 0.2) is 0 Å². The van der Waals surface area contributed by atoms with E-state index in [9.17, 15) is 22.0 Å². The summed E-state index contributed by atoms with van der Waals surface area (Å²) in [5, 5.41) is 2.41. The van der Waals surface area contributed by atoms with E-state index in [-0.39, 0.29) is 30.4 Å². The molecule has 1 aromatic carbocycles. The molecule has 0 atom stereocenters. The second kappa shape index (κ2) is 9.63. The molecule has 11 heteroatoms. The van der Waals surface area contributed by atoms with Gasteiger partial charge in [0.25, 0.3) is 0 Å². The zero-order chi connectivity index (χ0) is 19.4. The summed E-state index contributed by atoms with van der Waals surface area (Å²) in [6.07, 6.45) is 1.10. The van der Waals surface area contributed by atoms with E-state index in [0.717, 1.165) is 6.07 Å². The van der Waals surface area contributed by atoms with Crippen molar-refractivity contribution in [2.24, 2.45) is 11.1 Å². The van der Waals surface area contributed by atoms with Crippen LogP contribution in [0.25, 0.3) is 0 Å². The van der Waals surface area contributed by atoms with Crippen LogP contribution in [0.3, 0.4) is 0 Å². The van der Waals surface area contributed by atoms with E-state index in [2.05, 4.69) is 10.0 Å². The van der Waals surface area contributed by atoms with Crippen molar-refractivity contribution in [3.05, 3.63) is 23.8 Å². The maximum Gasteiger partial charge on any atom is 0.232 e. The number of carbonyl (C=O) groups is 1. The molecular weight excluding hydrogens is 404 g/mol. The first-order valence-corrected chi connectivity index (χ1v) is 9.97. The molecule has 1 heterocycles. The van der Waals surface area contributed by atoms with Crippen LogP contribution in [-0.2, 0) is 19.6 Å². The number of benzene rings is 1. The third-order valence-electron chi connectivity index (χ3n) is 4.37. The van der Waals surface area contributed by atoms with Gasteiger partial charge >= 0.3 is 0 Å². The van der Waals surface area contributed by atoms with Crippen LogP contribution in [0, 0.1) is 17.0 Å². The molecule has 0 unspecified atom stereocenters.